The summed E-state index contributed by atoms with van der Waals surface area (Å²) in [6, 6.07) is 4.31. The van der Waals surface area contributed by atoms with E-state index in [9.17, 15) is 5.11 Å². The highest BCUT2D eigenvalue weighted by Gasteiger charge is 2.40. The molecule has 2 aliphatic rings. The molecule has 1 saturated heterocycles. The zero-order chi connectivity index (χ0) is 12.7. The first-order valence-corrected chi connectivity index (χ1v) is 7.04. The van der Waals surface area contributed by atoms with Gasteiger partial charge in [-0.05, 0) is 30.9 Å². The van der Waals surface area contributed by atoms with E-state index in [0.29, 0.717) is 17.8 Å². The molecular weight excluding hydrogens is 224 g/mol. The van der Waals surface area contributed by atoms with Crippen molar-refractivity contribution in [3.8, 4) is 0 Å². The number of piperidine rings is 1. The summed E-state index contributed by atoms with van der Waals surface area (Å²) < 4.78 is 0. The maximum Gasteiger partial charge on any atom is 0.0630 e. The topological polar surface area (TPSA) is 36.4 Å². The van der Waals surface area contributed by atoms with Gasteiger partial charge in [-0.1, -0.05) is 13.8 Å². The normalized spacial score (nSPS) is 31.1. The average Bonchev–Trinajstić information content (AvgIpc) is 2.62. The lowest BCUT2D eigenvalue weighted by molar-refractivity contribution is 0.0792. The quantitative estimate of drug-likeness (QED) is 0.870. The molecule has 2 unspecified atom stereocenters. The standard InChI is InChI=1S/C15H22N2O/c1-10(2)14-6-5-13(7-16-14)17-8-11-3-4-12(9-17)15(11)18/h5-7,10-12,15,18H,3-4,8-9H2,1-2H3. The van der Waals surface area contributed by atoms with Gasteiger partial charge in [0, 0.05) is 30.6 Å². The molecule has 2 atom stereocenters. The van der Waals surface area contributed by atoms with E-state index in [2.05, 4.69) is 35.9 Å². The van der Waals surface area contributed by atoms with Crippen LogP contribution in [0.25, 0.3) is 0 Å². The minimum atomic E-state index is -0.0656. The van der Waals surface area contributed by atoms with Gasteiger partial charge in [0.15, 0.2) is 0 Å². The number of aromatic nitrogens is 1. The fourth-order valence-electron chi connectivity index (χ4n) is 3.33. The summed E-state index contributed by atoms with van der Waals surface area (Å²) in [6.45, 7) is 6.31. The second-order valence-corrected chi connectivity index (χ2v) is 6.09. The molecular formula is C15H22N2O. The Morgan fingerprint density at radius 1 is 1.22 bits per heavy atom. The van der Waals surface area contributed by atoms with Gasteiger partial charge in [-0.25, -0.2) is 0 Å². The van der Waals surface area contributed by atoms with E-state index in [0.717, 1.165) is 18.8 Å². The lowest BCUT2D eigenvalue weighted by atomic mass is 9.95. The Bertz CT molecular complexity index is 401. The molecule has 0 radical (unpaired) electrons. The Labute approximate surface area is 109 Å². The van der Waals surface area contributed by atoms with Crippen LogP contribution in [0.4, 0.5) is 5.69 Å². The number of anilines is 1. The number of pyridine rings is 1. The van der Waals surface area contributed by atoms with E-state index in [4.69, 9.17) is 0 Å². The zero-order valence-corrected chi connectivity index (χ0v) is 11.2. The SMILES string of the molecule is CC(C)c1ccc(N2CC3CCC(C2)C3O)cn1. The first kappa shape index (κ1) is 12.0. The van der Waals surface area contributed by atoms with Gasteiger partial charge >= 0.3 is 0 Å². The average molecular weight is 246 g/mol. The molecule has 2 heterocycles. The second-order valence-electron chi connectivity index (χ2n) is 6.09. The summed E-state index contributed by atoms with van der Waals surface area (Å²) in [5, 5.41) is 10.0. The number of aliphatic hydroxyl groups is 1. The smallest absolute Gasteiger partial charge is 0.0630 e. The van der Waals surface area contributed by atoms with Crippen LogP contribution in [0.1, 0.15) is 38.3 Å². The van der Waals surface area contributed by atoms with Gasteiger partial charge in [-0.3, -0.25) is 4.98 Å². The molecule has 1 aliphatic heterocycles. The monoisotopic (exact) mass is 246 g/mol. The molecule has 1 aromatic rings. The summed E-state index contributed by atoms with van der Waals surface area (Å²) in [5.41, 5.74) is 2.36. The molecule has 2 fully saturated rings. The van der Waals surface area contributed by atoms with Gasteiger partial charge in [0.25, 0.3) is 0 Å². The van der Waals surface area contributed by atoms with Crippen molar-refractivity contribution in [2.24, 2.45) is 11.8 Å². The van der Waals surface area contributed by atoms with Crippen LogP contribution in [0.3, 0.4) is 0 Å². The largest absolute Gasteiger partial charge is 0.392 e. The Kier molecular flexibility index (Phi) is 3.02. The zero-order valence-electron chi connectivity index (χ0n) is 11.2. The Morgan fingerprint density at radius 3 is 2.39 bits per heavy atom. The molecule has 0 spiro atoms. The summed E-state index contributed by atoms with van der Waals surface area (Å²) in [7, 11) is 0. The van der Waals surface area contributed by atoms with E-state index in [1.54, 1.807) is 0 Å². The van der Waals surface area contributed by atoms with E-state index >= 15 is 0 Å². The van der Waals surface area contributed by atoms with Crippen molar-refractivity contribution in [1.82, 2.24) is 4.98 Å². The number of hydrogen-bond acceptors (Lipinski definition) is 3. The van der Waals surface area contributed by atoms with Crippen LogP contribution in [0.2, 0.25) is 0 Å². The maximum absolute atomic E-state index is 10.0. The van der Waals surface area contributed by atoms with Gasteiger partial charge in [0.1, 0.15) is 0 Å². The fourth-order valence-corrected chi connectivity index (χ4v) is 3.33. The van der Waals surface area contributed by atoms with Crippen molar-refractivity contribution < 1.29 is 5.11 Å². The predicted molar refractivity (Wildman–Crippen MR) is 72.8 cm³/mol. The Hall–Kier alpha value is -1.09. The molecule has 2 bridgehead atoms. The lowest BCUT2D eigenvalue weighted by Gasteiger charge is -2.36. The maximum atomic E-state index is 10.0. The molecule has 3 nitrogen and oxygen atoms in total. The van der Waals surface area contributed by atoms with Crippen LogP contribution in [0, 0.1) is 11.8 Å². The van der Waals surface area contributed by atoms with Gasteiger partial charge in [-0.15, -0.1) is 0 Å². The van der Waals surface area contributed by atoms with Crippen molar-refractivity contribution in [2.75, 3.05) is 18.0 Å². The first-order valence-electron chi connectivity index (χ1n) is 7.04. The van der Waals surface area contributed by atoms with E-state index in [1.165, 1.54) is 18.5 Å². The summed E-state index contributed by atoms with van der Waals surface area (Å²) in [5.74, 6) is 1.42. The number of hydrogen-bond donors (Lipinski definition) is 1. The number of fused-ring (bicyclic) bond motifs is 2. The van der Waals surface area contributed by atoms with Gasteiger partial charge in [-0.2, -0.15) is 0 Å². The molecule has 1 aliphatic carbocycles. The minimum Gasteiger partial charge on any atom is -0.392 e. The van der Waals surface area contributed by atoms with Gasteiger partial charge in [0.2, 0.25) is 0 Å². The third-order valence-electron chi connectivity index (χ3n) is 4.51. The molecule has 3 heteroatoms. The number of nitrogens with zero attached hydrogens (tertiary/aromatic N) is 2. The molecule has 98 valence electrons. The van der Waals surface area contributed by atoms with Crippen LogP contribution in [0.15, 0.2) is 18.3 Å². The van der Waals surface area contributed by atoms with E-state index < -0.39 is 0 Å². The molecule has 0 amide bonds. The van der Waals surface area contributed by atoms with Crippen molar-refractivity contribution in [3.63, 3.8) is 0 Å². The molecule has 1 N–H and O–H groups in total. The third kappa shape index (κ3) is 2.01. The van der Waals surface area contributed by atoms with Crippen LogP contribution >= 0.6 is 0 Å². The molecule has 1 saturated carbocycles. The van der Waals surface area contributed by atoms with Crippen molar-refractivity contribution in [2.45, 2.75) is 38.7 Å². The minimum absolute atomic E-state index is 0.0656. The number of rotatable bonds is 2. The Balaban J connectivity index is 1.76. The summed E-state index contributed by atoms with van der Waals surface area (Å²) in [4.78, 5) is 6.93. The van der Waals surface area contributed by atoms with Crippen LogP contribution in [-0.4, -0.2) is 29.3 Å². The van der Waals surface area contributed by atoms with Gasteiger partial charge < -0.3 is 10.0 Å². The summed E-state index contributed by atoms with van der Waals surface area (Å²) in [6.07, 6.45) is 4.29. The molecule has 3 rings (SSSR count). The van der Waals surface area contributed by atoms with Crippen LogP contribution < -0.4 is 4.90 Å². The lowest BCUT2D eigenvalue weighted by Crippen LogP contribution is -2.44. The van der Waals surface area contributed by atoms with E-state index in [1.807, 2.05) is 6.20 Å². The third-order valence-corrected chi connectivity index (χ3v) is 4.51. The first-order chi connectivity index (χ1) is 8.65. The molecule has 0 aromatic carbocycles. The van der Waals surface area contributed by atoms with Crippen molar-refractivity contribution >= 4 is 5.69 Å². The van der Waals surface area contributed by atoms with Crippen LogP contribution in [-0.2, 0) is 0 Å². The van der Waals surface area contributed by atoms with Crippen molar-refractivity contribution in [3.05, 3.63) is 24.0 Å². The fraction of sp³-hybridized carbons (Fsp3) is 0.667. The van der Waals surface area contributed by atoms with E-state index in [-0.39, 0.29) is 6.10 Å². The van der Waals surface area contributed by atoms with Crippen molar-refractivity contribution in [1.29, 1.82) is 0 Å². The molecule has 1 aromatic heterocycles. The summed E-state index contributed by atoms with van der Waals surface area (Å²) >= 11 is 0. The highest BCUT2D eigenvalue weighted by molar-refractivity contribution is 5.46. The van der Waals surface area contributed by atoms with Gasteiger partial charge in [0.05, 0.1) is 18.0 Å². The highest BCUT2D eigenvalue weighted by atomic mass is 16.3. The number of aliphatic hydroxyl groups excluding tert-OH is 1. The highest BCUT2D eigenvalue weighted by Crippen LogP contribution is 2.38. The van der Waals surface area contributed by atoms with Crippen LogP contribution in [0.5, 0.6) is 0 Å². The predicted octanol–water partition coefficient (Wildman–Crippen LogP) is 2.41. The Morgan fingerprint density at radius 2 is 1.89 bits per heavy atom. The molecule has 18 heavy (non-hydrogen) atoms. The second kappa shape index (κ2) is 4.54.